The zero-order valence-electron chi connectivity index (χ0n) is 14.2. The van der Waals surface area contributed by atoms with Crippen molar-refractivity contribution in [3.05, 3.63) is 69.7 Å². The molecule has 1 aliphatic heterocycles. The van der Waals surface area contributed by atoms with Crippen LogP contribution in [0.2, 0.25) is 10.0 Å². The van der Waals surface area contributed by atoms with E-state index in [2.05, 4.69) is 24.1 Å². The van der Waals surface area contributed by atoms with Gasteiger partial charge in [0.2, 0.25) is 0 Å². The van der Waals surface area contributed by atoms with Crippen molar-refractivity contribution in [2.75, 3.05) is 7.05 Å². The molecule has 130 valence electrons. The van der Waals surface area contributed by atoms with Crippen LogP contribution >= 0.6 is 23.2 Å². The Morgan fingerprint density at radius 2 is 1.28 bits per heavy atom. The van der Waals surface area contributed by atoms with Gasteiger partial charge in [0.25, 0.3) is 0 Å². The van der Waals surface area contributed by atoms with Crippen molar-refractivity contribution in [1.82, 2.24) is 4.90 Å². The minimum absolute atomic E-state index is 0.000905. The number of benzene rings is 2. The number of Topliss-reactive ketones (excluding diaryl/α,β-unsaturated/α-hetero) is 1. The monoisotopic (exact) mass is 373 g/mol. The molecule has 1 heterocycles. The van der Waals surface area contributed by atoms with Crippen LogP contribution in [-0.4, -0.2) is 17.7 Å². The number of piperidine rings is 1. The summed E-state index contributed by atoms with van der Waals surface area (Å²) in [5, 5.41) is 1.46. The lowest BCUT2D eigenvalue weighted by Crippen LogP contribution is -2.51. The van der Waals surface area contributed by atoms with E-state index in [1.165, 1.54) is 0 Å². The third kappa shape index (κ3) is 2.81. The summed E-state index contributed by atoms with van der Waals surface area (Å²) in [4.78, 5) is 15.6. The second-order valence-corrected chi connectivity index (χ2v) is 7.96. The molecule has 2 aliphatic rings. The Kier molecular flexibility index (Phi) is 4.61. The van der Waals surface area contributed by atoms with Crippen molar-refractivity contribution in [2.45, 2.75) is 31.3 Å². The van der Waals surface area contributed by atoms with Crippen molar-refractivity contribution < 1.29 is 4.79 Å². The van der Waals surface area contributed by atoms with Crippen LogP contribution in [0, 0.1) is 11.8 Å². The molecule has 2 bridgehead atoms. The molecule has 2 aromatic carbocycles. The van der Waals surface area contributed by atoms with E-state index in [9.17, 15) is 4.79 Å². The van der Waals surface area contributed by atoms with E-state index in [1.807, 2.05) is 36.4 Å². The van der Waals surface area contributed by atoms with Crippen LogP contribution in [-0.2, 0) is 4.79 Å². The van der Waals surface area contributed by atoms with E-state index in [0.29, 0.717) is 5.78 Å². The highest BCUT2D eigenvalue weighted by Gasteiger charge is 2.50. The molecule has 0 unspecified atom stereocenters. The fraction of sp³-hybridized carbons (Fsp3) is 0.381. The maximum Gasteiger partial charge on any atom is 0.142 e. The maximum absolute atomic E-state index is 13.2. The summed E-state index contributed by atoms with van der Waals surface area (Å²) in [6.45, 7) is 0. The van der Waals surface area contributed by atoms with E-state index < -0.39 is 0 Å². The molecule has 1 saturated carbocycles. The molecule has 4 heteroatoms. The van der Waals surface area contributed by atoms with Gasteiger partial charge in [-0.3, -0.25) is 9.69 Å². The number of carbonyl (C=O) groups excluding carboxylic acids is 1. The second kappa shape index (κ2) is 6.75. The molecule has 0 N–H and O–H groups in total. The Bertz CT molecular complexity index is 742. The van der Waals surface area contributed by atoms with Gasteiger partial charge in [-0.05, 0) is 43.1 Å². The third-order valence-electron chi connectivity index (χ3n) is 5.85. The summed E-state index contributed by atoms with van der Waals surface area (Å²) in [6.07, 6.45) is 2.95. The molecule has 2 nitrogen and oxygen atoms in total. The number of hydrogen-bond donors (Lipinski definition) is 0. The van der Waals surface area contributed by atoms with E-state index >= 15 is 0 Å². The van der Waals surface area contributed by atoms with E-state index in [4.69, 9.17) is 23.2 Å². The number of hydrogen-bond acceptors (Lipinski definition) is 2. The topological polar surface area (TPSA) is 20.3 Å². The predicted molar refractivity (Wildman–Crippen MR) is 102 cm³/mol. The molecule has 2 aromatic rings. The van der Waals surface area contributed by atoms with Crippen LogP contribution < -0.4 is 0 Å². The van der Waals surface area contributed by atoms with Gasteiger partial charge in [0.05, 0.1) is 0 Å². The van der Waals surface area contributed by atoms with E-state index in [1.54, 1.807) is 0 Å². The molecule has 25 heavy (non-hydrogen) atoms. The van der Waals surface area contributed by atoms with Gasteiger partial charge in [0.15, 0.2) is 0 Å². The predicted octanol–water partition coefficient (Wildman–Crippen LogP) is 5.71. The van der Waals surface area contributed by atoms with Gasteiger partial charge < -0.3 is 0 Å². The standard InChI is InChI=1S/C21H21Cl2NO/c1-24-19(13-7-2-4-11-17(13)22)15-9-6-10-16(21(15)25)20(24)14-8-3-5-12-18(14)23/h2-5,7-8,11-12,15-16,19-20H,6,9-10H2,1H3/t15-,16-,19-,20+/m1/s1. The Morgan fingerprint density at radius 3 is 1.72 bits per heavy atom. The molecule has 0 amide bonds. The number of nitrogens with zero attached hydrogens (tertiary/aromatic N) is 1. The summed E-state index contributed by atoms with van der Waals surface area (Å²) < 4.78 is 0. The first-order valence-electron chi connectivity index (χ1n) is 8.84. The summed E-state index contributed by atoms with van der Waals surface area (Å²) in [7, 11) is 2.11. The lowest BCUT2D eigenvalue weighted by molar-refractivity contribution is -0.143. The van der Waals surface area contributed by atoms with Crippen LogP contribution in [0.4, 0.5) is 0 Å². The smallest absolute Gasteiger partial charge is 0.142 e. The van der Waals surface area contributed by atoms with Crippen molar-refractivity contribution in [1.29, 1.82) is 0 Å². The molecule has 0 spiro atoms. The molecule has 2 fully saturated rings. The van der Waals surface area contributed by atoms with E-state index in [-0.39, 0.29) is 23.9 Å². The highest BCUT2D eigenvalue weighted by molar-refractivity contribution is 6.31. The molecule has 1 aliphatic carbocycles. The van der Waals surface area contributed by atoms with Crippen molar-refractivity contribution in [3.8, 4) is 0 Å². The highest BCUT2D eigenvalue weighted by atomic mass is 35.5. The number of fused-ring (bicyclic) bond motifs is 2. The van der Waals surface area contributed by atoms with Crippen LogP contribution in [0.5, 0.6) is 0 Å². The number of carbonyl (C=O) groups is 1. The first kappa shape index (κ1) is 17.1. The van der Waals surface area contributed by atoms with Crippen molar-refractivity contribution in [3.63, 3.8) is 0 Å². The average molecular weight is 374 g/mol. The molecule has 4 atom stereocenters. The SMILES string of the molecule is CN1[C@H](c2ccccc2Cl)[C@H]2CCC[C@@H](C2=O)[C@@H]1c1ccccc1Cl. The van der Waals surface area contributed by atoms with Crippen LogP contribution in [0.3, 0.4) is 0 Å². The summed E-state index contributed by atoms with van der Waals surface area (Å²) in [5.74, 6) is 0.406. The average Bonchev–Trinajstić information content (AvgIpc) is 2.60. The van der Waals surface area contributed by atoms with Gasteiger partial charge in [-0.15, -0.1) is 0 Å². The van der Waals surface area contributed by atoms with Gasteiger partial charge in [0.1, 0.15) is 5.78 Å². The Labute approximate surface area is 158 Å². The van der Waals surface area contributed by atoms with Gasteiger partial charge in [-0.1, -0.05) is 66.0 Å². The normalized spacial score (nSPS) is 29.6. The lowest BCUT2D eigenvalue weighted by Gasteiger charge is -2.51. The minimum atomic E-state index is -0.000905. The van der Waals surface area contributed by atoms with Crippen molar-refractivity contribution >= 4 is 29.0 Å². The maximum atomic E-state index is 13.2. The summed E-state index contributed by atoms with van der Waals surface area (Å²) in [5.41, 5.74) is 2.09. The summed E-state index contributed by atoms with van der Waals surface area (Å²) in [6, 6.07) is 15.8. The molecular formula is C21H21Cl2NO. The fourth-order valence-corrected chi connectivity index (χ4v) is 5.28. The molecule has 1 saturated heterocycles. The second-order valence-electron chi connectivity index (χ2n) is 7.14. The van der Waals surface area contributed by atoms with Crippen LogP contribution in [0.25, 0.3) is 0 Å². The number of halogens is 2. The zero-order valence-corrected chi connectivity index (χ0v) is 15.7. The van der Waals surface area contributed by atoms with Gasteiger partial charge in [-0.25, -0.2) is 0 Å². The van der Waals surface area contributed by atoms with Gasteiger partial charge >= 0.3 is 0 Å². The molecule has 0 radical (unpaired) electrons. The first-order chi connectivity index (χ1) is 12.1. The number of ketones is 1. The van der Waals surface area contributed by atoms with Gasteiger partial charge in [-0.2, -0.15) is 0 Å². The van der Waals surface area contributed by atoms with E-state index in [0.717, 1.165) is 40.4 Å². The van der Waals surface area contributed by atoms with Crippen LogP contribution in [0.15, 0.2) is 48.5 Å². The Morgan fingerprint density at radius 1 is 0.840 bits per heavy atom. The fourth-order valence-electron chi connectivity index (χ4n) is 4.79. The number of likely N-dealkylation sites (tertiary alicyclic amines) is 1. The third-order valence-corrected chi connectivity index (χ3v) is 6.54. The number of rotatable bonds is 2. The summed E-state index contributed by atoms with van der Waals surface area (Å²) >= 11 is 13.0. The molecular weight excluding hydrogens is 353 g/mol. The zero-order chi connectivity index (χ0) is 17.6. The molecule has 4 rings (SSSR count). The minimum Gasteiger partial charge on any atom is -0.299 e. The highest BCUT2D eigenvalue weighted by Crippen LogP contribution is 2.52. The van der Waals surface area contributed by atoms with Crippen LogP contribution in [0.1, 0.15) is 42.5 Å². The quantitative estimate of drug-likeness (QED) is 0.671. The first-order valence-corrected chi connectivity index (χ1v) is 9.59. The van der Waals surface area contributed by atoms with Crippen molar-refractivity contribution in [2.24, 2.45) is 11.8 Å². The Hall–Kier alpha value is -1.35. The Balaban J connectivity index is 1.84. The lowest BCUT2D eigenvalue weighted by atomic mass is 9.66. The van der Waals surface area contributed by atoms with Gasteiger partial charge in [0, 0.05) is 34.0 Å². The molecule has 0 aromatic heterocycles. The largest absolute Gasteiger partial charge is 0.299 e.